The predicted molar refractivity (Wildman–Crippen MR) is 90.5 cm³/mol. The molecule has 0 aliphatic carbocycles. The maximum Gasteiger partial charge on any atom is 0.203 e. The normalized spacial score (nSPS) is 23.3. The summed E-state index contributed by atoms with van der Waals surface area (Å²) in [5.41, 5.74) is 0. The zero-order valence-electron chi connectivity index (χ0n) is 14.6. The fourth-order valence-electron chi connectivity index (χ4n) is 3.27. The number of rotatable bonds is 7. The minimum Gasteiger partial charge on any atom is -0.493 e. The van der Waals surface area contributed by atoms with Crippen LogP contribution in [0, 0.1) is 0 Å². The van der Waals surface area contributed by atoms with Gasteiger partial charge in [0.1, 0.15) is 12.7 Å². The van der Waals surface area contributed by atoms with Crippen LogP contribution in [0.15, 0.2) is 18.2 Å². The van der Waals surface area contributed by atoms with Crippen LogP contribution in [0.3, 0.4) is 0 Å². The highest BCUT2D eigenvalue weighted by atomic mass is 16.5. The second-order valence-electron chi connectivity index (χ2n) is 6.28. The SMILES string of the molecule is COc1cccc(OC)c1OCC(O)CN1C(C)CCCC1C. The zero-order chi connectivity index (χ0) is 16.8. The van der Waals surface area contributed by atoms with E-state index in [0.29, 0.717) is 35.9 Å². The number of aliphatic hydroxyl groups is 1. The smallest absolute Gasteiger partial charge is 0.203 e. The van der Waals surface area contributed by atoms with Gasteiger partial charge in [0, 0.05) is 18.6 Å². The second kappa shape index (κ2) is 8.41. The fraction of sp³-hybridized carbons (Fsp3) is 0.667. The molecule has 0 aromatic heterocycles. The lowest BCUT2D eigenvalue weighted by Crippen LogP contribution is -2.48. The molecule has 23 heavy (non-hydrogen) atoms. The number of methoxy groups -OCH3 is 2. The molecule has 1 fully saturated rings. The summed E-state index contributed by atoms with van der Waals surface area (Å²) < 4.78 is 16.4. The van der Waals surface area contributed by atoms with E-state index in [2.05, 4.69) is 18.7 Å². The van der Waals surface area contributed by atoms with Crippen LogP contribution in [0.2, 0.25) is 0 Å². The lowest BCUT2D eigenvalue weighted by Gasteiger charge is -2.40. The van der Waals surface area contributed by atoms with Crippen molar-refractivity contribution < 1.29 is 19.3 Å². The first-order chi connectivity index (χ1) is 11.1. The van der Waals surface area contributed by atoms with Gasteiger partial charge in [-0.3, -0.25) is 4.90 Å². The maximum absolute atomic E-state index is 10.4. The Balaban J connectivity index is 1.95. The summed E-state index contributed by atoms with van der Waals surface area (Å²) in [6.07, 6.45) is 3.10. The third-order valence-electron chi connectivity index (χ3n) is 4.60. The average Bonchev–Trinajstić information content (AvgIpc) is 2.56. The molecule has 5 heteroatoms. The molecule has 1 heterocycles. The Morgan fingerprint density at radius 2 is 1.70 bits per heavy atom. The van der Waals surface area contributed by atoms with Crippen molar-refractivity contribution in [2.45, 2.75) is 51.3 Å². The molecule has 0 radical (unpaired) electrons. The number of hydrogen-bond acceptors (Lipinski definition) is 5. The number of benzene rings is 1. The Kier molecular flexibility index (Phi) is 6.54. The molecule has 1 aliphatic rings. The summed E-state index contributed by atoms with van der Waals surface area (Å²) in [7, 11) is 3.18. The van der Waals surface area contributed by atoms with Gasteiger partial charge in [0.2, 0.25) is 5.75 Å². The number of ether oxygens (including phenoxy) is 3. The Morgan fingerprint density at radius 3 is 2.22 bits per heavy atom. The van der Waals surface area contributed by atoms with E-state index < -0.39 is 6.10 Å². The van der Waals surface area contributed by atoms with Gasteiger partial charge < -0.3 is 19.3 Å². The number of piperidine rings is 1. The number of hydrogen-bond donors (Lipinski definition) is 1. The van der Waals surface area contributed by atoms with Crippen molar-refractivity contribution in [3.8, 4) is 17.2 Å². The predicted octanol–water partition coefficient (Wildman–Crippen LogP) is 2.71. The summed E-state index contributed by atoms with van der Waals surface area (Å²) in [6, 6.07) is 6.50. The number of likely N-dealkylation sites (tertiary alicyclic amines) is 1. The van der Waals surface area contributed by atoms with Crippen LogP contribution < -0.4 is 14.2 Å². The number of β-amino-alcohol motifs (C(OH)–C–C–N with tert-alkyl or cyclic N) is 1. The van der Waals surface area contributed by atoms with Crippen molar-refractivity contribution in [3.63, 3.8) is 0 Å². The lowest BCUT2D eigenvalue weighted by atomic mass is 9.97. The zero-order valence-corrected chi connectivity index (χ0v) is 14.6. The van der Waals surface area contributed by atoms with E-state index in [1.54, 1.807) is 14.2 Å². The van der Waals surface area contributed by atoms with Gasteiger partial charge in [-0.05, 0) is 38.8 Å². The van der Waals surface area contributed by atoms with Crippen LogP contribution >= 0.6 is 0 Å². The average molecular weight is 323 g/mol. The van der Waals surface area contributed by atoms with E-state index in [1.165, 1.54) is 19.3 Å². The van der Waals surface area contributed by atoms with E-state index in [0.717, 1.165) is 0 Å². The Labute approximate surface area is 139 Å². The van der Waals surface area contributed by atoms with Gasteiger partial charge in [0.25, 0.3) is 0 Å². The molecule has 0 bridgehead atoms. The molecule has 1 aliphatic heterocycles. The maximum atomic E-state index is 10.4. The van der Waals surface area contributed by atoms with Crippen LogP contribution in [-0.4, -0.2) is 55.6 Å². The fourth-order valence-corrected chi connectivity index (χ4v) is 3.27. The van der Waals surface area contributed by atoms with Crippen LogP contribution in [0.4, 0.5) is 0 Å². The topological polar surface area (TPSA) is 51.2 Å². The van der Waals surface area contributed by atoms with Gasteiger partial charge >= 0.3 is 0 Å². The quantitative estimate of drug-likeness (QED) is 0.836. The molecule has 3 atom stereocenters. The third kappa shape index (κ3) is 4.52. The largest absolute Gasteiger partial charge is 0.493 e. The number of aliphatic hydroxyl groups excluding tert-OH is 1. The molecule has 1 saturated heterocycles. The van der Waals surface area contributed by atoms with Crippen molar-refractivity contribution in [2.24, 2.45) is 0 Å². The first kappa shape index (κ1) is 17.9. The highest BCUT2D eigenvalue weighted by Crippen LogP contribution is 2.36. The van der Waals surface area contributed by atoms with Gasteiger partial charge in [0.15, 0.2) is 11.5 Å². The Morgan fingerprint density at radius 1 is 1.13 bits per heavy atom. The molecule has 1 aromatic carbocycles. The summed E-state index contributed by atoms with van der Waals surface area (Å²) in [4.78, 5) is 2.37. The van der Waals surface area contributed by atoms with Gasteiger partial charge in [-0.15, -0.1) is 0 Å². The molecule has 0 spiro atoms. The molecular weight excluding hydrogens is 294 g/mol. The summed E-state index contributed by atoms with van der Waals surface area (Å²) >= 11 is 0. The van der Waals surface area contributed by atoms with Crippen molar-refractivity contribution >= 4 is 0 Å². The molecule has 0 saturated carbocycles. The van der Waals surface area contributed by atoms with Crippen LogP contribution in [0.1, 0.15) is 33.1 Å². The summed E-state index contributed by atoms with van der Waals surface area (Å²) in [6.45, 7) is 5.30. The van der Waals surface area contributed by atoms with E-state index in [1.807, 2.05) is 18.2 Å². The second-order valence-corrected chi connectivity index (χ2v) is 6.28. The Bertz CT molecular complexity index is 462. The molecular formula is C18H29NO4. The van der Waals surface area contributed by atoms with E-state index in [-0.39, 0.29) is 6.61 Å². The first-order valence-electron chi connectivity index (χ1n) is 8.34. The molecule has 130 valence electrons. The summed E-state index contributed by atoms with van der Waals surface area (Å²) in [5, 5.41) is 10.4. The van der Waals surface area contributed by atoms with E-state index >= 15 is 0 Å². The first-order valence-corrected chi connectivity index (χ1v) is 8.34. The number of nitrogens with zero attached hydrogens (tertiary/aromatic N) is 1. The monoisotopic (exact) mass is 323 g/mol. The van der Waals surface area contributed by atoms with Gasteiger partial charge in [-0.2, -0.15) is 0 Å². The van der Waals surface area contributed by atoms with Gasteiger partial charge in [0.05, 0.1) is 14.2 Å². The highest BCUT2D eigenvalue weighted by molar-refractivity contribution is 5.51. The minimum atomic E-state index is -0.549. The van der Waals surface area contributed by atoms with Gasteiger partial charge in [-0.1, -0.05) is 12.5 Å². The Hall–Kier alpha value is -1.46. The van der Waals surface area contributed by atoms with E-state index in [4.69, 9.17) is 14.2 Å². The number of para-hydroxylation sites is 1. The summed E-state index contributed by atoms with van der Waals surface area (Å²) in [5.74, 6) is 1.75. The van der Waals surface area contributed by atoms with Gasteiger partial charge in [-0.25, -0.2) is 0 Å². The van der Waals surface area contributed by atoms with Crippen molar-refractivity contribution in [3.05, 3.63) is 18.2 Å². The molecule has 0 amide bonds. The van der Waals surface area contributed by atoms with Crippen LogP contribution in [-0.2, 0) is 0 Å². The standard InChI is InChI=1S/C18H29NO4/c1-13-7-5-8-14(2)19(13)11-15(20)12-23-18-16(21-3)9-6-10-17(18)22-4/h6,9-10,13-15,20H,5,7-8,11-12H2,1-4H3. The lowest BCUT2D eigenvalue weighted by molar-refractivity contribution is 0.0200. The third-order valence-corrected chi connectivity index (χ3v) is 4.60. The van der Waals surface area contributed by atoms with E-state index in [9.17, 15) is 5.11 Å². The van der Waals surface area contributed by atoms with Crippen molar-refractivity contribution in [2.75, 3.05) is 27.4 Å². The molecule has 1 N–H and O–H groups in total. The minimum absolute atomic E-state index is 0.215. The van der Waals surface area contributed by atoms with Crippen molar-refractivity contribution in [1.82, 2.24) is 4.90 Å². The van der Waals surface area contributed by atoms with Crippen LogP contribution in [0.5, 0.6) is 17.2 Å². The molecule has 3 unspecified atom stereocenters. The molecule has 5 nitrogen and oxygen atoms in total. The van der Waals surface area contributed by atoms with Crippen LogP contribution in [0.25, 0.3) is 0 Å². The van der Waals surface area contributed by atoms with Crippen molar-refractivity contribution in [1.29, 1.82) is 0 Å². The highest BCUT2D eigenvalue weighted by Gasteiger charge is 2.26. The molecule has 2 rings (SSSR count). The molecule has 1 aromatic rings.